The van der Waals surface area contributed by atoms with Crippen LogP contribution in [0.1, 0.15) is 12.7 Å². The number of hydrogen-bond acceptors (Lipinski definition) is 5. The van der Waals surface area contributed by atoms with Crippen molar-refractivity contribution in [2.75, 3.05) is 16.0 Å². The van der Waals surface area contributed by atoms with E-state index in [2.05, 4.69) is 25.9 Å². The summed E-state index contributed by atoms with van der Waals surface area (Å²) in [5.74, 6) is 1.81. The van der Waals surface area contributed by atoms with Crippen LogP contribution in [0.15, 0.2) is 54.6 Å². The van der Waals surface area contributed by atoms with Gasteiger partial charge in [-0.15, -0.1) is 0 Å². The monoisotopic (exact) mass is 367 g/mol. The lowest BCUT2D eigenvalue weighted by Gasteiger charge is -2.11. The molecule has 0 radical (unpaired) electrons. The molecule has 0 aliphatic heterocycles. The minimum Gasteiger partial charge on any atom is -0.340 e. The Balaban J connectivity index is 1.77. The van der Waals surface area contributed by atoms with E-state index in [0.29, 0.717) is 22.5 Å². The predicted octanol–water partition coefficient (Wildman–Crippen LogP) is 4.88. The number of nitrogens with zero attached hydrogens (tertiary/aromatic N) is 2. The second-order valence-corrected chi connectivity index (χ2v) is 6.08. The van der Waals surface area contributed by atoms with Crippen molar-refractivity contribution in [3.63, 3.8) is 0 Å². The first-order valence-corrected chi connectivity index (χ1v) is 8.39. The van der Waals surface area contributed by atoms with Gasteiger partial charge in [-0.3, -0.25) is 4.79 Å². The highest BCUT2D eigenvalue weighted by Gasteiger charge is 2.05. The Morgan fingerprint density at radius 1 is 0.923 bits per heavy atom. The highest BCUT2D eigenvalue weighted by molar-refractivity contribution is 6.33. The van der Waals surface area contributed by atoms with Crippen LogP contribution in [0, 0.1) is 6.92 Å². The smallest absolute Gasteiger partial charge is 0.221 e. The van der Waals surface area contributed by atoms with Crippen LogP contribution < -0.4 is 16.0 Å². The number of aromatic nitrogens is 2. The molecule has 0 atom stereocenters. The van der Waals surface area contributed by atoms with Gasteiger partial charge in [0.1, 0.15) is 17.5 Å². The summed E-state index contributed by atoms with van der Waals surface area (Å²) in [5.41, 5.74) is 2.36. The summed E-state index contributed by atoms with van der Waals surface area (Å²) in [6.07, 6.45) is 0. The second kappa shape index (κ2) is 7.84. The van der Waals surface area contributed by atoms with E-state index in [1.54, 1.807) is 6.07 Å². The quantitative estimate of drug-likeness (QED) is 0.598. The zero-order valence-electron chi connectivity index (χ0n) is 14.4. The first-order chi connectivity index (χ1) is 12.5. The van der Waals surface area contributed by atoms with Gasteiger partial charge in [-0.1, -0.05) is 23.7 Å². The molecule has 0 aliphatic rings. The molecule has 132 valence electrons. The van der Waals surface area contributed by atoms with Crippen LogP contribution in [-0.2, 0) is 4.79 Å². The summed E-state index contributed by atoms with van der Waals surface area (Å²) in [6.45, 7) is 3.30. The zero-order chi connectivity index (χ0) is 18.5. The molecule has 1 heterocycles. The lowest BCUT2D eigenvalue weighted by molar-refractivity contribution is -0.114. The van der Waals surface area contributed by atoms with E-state index < -0.39 is 0 Å². The van der Waals surface area contributed by atoms with E-state index in [1.807, 2.05) is 55.5 Å². The molecule has 3 N–H and O–H groups in total. The maximum absolute atomic E-state index is 11.1. The minimum atomic E-state index is -0.104. The van der Waals surface area contributed by atoms with Gasteiger partial charge in [0, 0.05) is 24.4 Å². The fourth-order valence-electron chi connectivity index (χ4n) is 2.38. The van der Waals surface area contributed by atoms with Crippen molar-refractivity contribution >= 4 is 46.2 Å². The molecule has 0 saturated carbocycles. The Labute approximate surface area is 156 Å². The summed E-state index contributed by atoms with van der Waals surface area (Å²) in [4.78, 5) is 19.9. The highest BCUT2D eigenvalue weighted by Crippen LogP contribution is 2.26. The van der Waals surface area contributed by atoms with Crippen molar-refractivity contribution in [2.24, 2.45) is 0 Å². The zero-order valence-corrected chi connectivity index (χ0v) is 15.1. The molecule has 26 heavy (non-hydrogen) atoms. The molecule has 0 spiro atoms. The van der Waals surface area contributed by atoms with Gasteiger partial charge in [-0.25, -0.2) is 9.97 Å². The molecule has 2 aromatic carbocycles. The largest absolute Gasteiger partial charge is 0.340 e. The van der Waals surface area contributed by atoms with Crippen LogP contribution in [0.25, 0.3) is 0 Å². The molecule has 1 amide bonds. The molecular weight excluding hydrogens is 350 g/mol. The van der Waals surface area contributed by atoms with Crippen molar-refractivity contribution < 1.29 is 4.79 Å². The Morgan fingerprint density at radius 3 is 2.19 bits per heavy atom. The summed E-state index contributed by atoms with van der Waals surface area (Å²) in [7, 11) is 0. The summed E-state index contributed by atoms with van der Waals surface area (Å²) < 4.78 is 0. The molecule has 0 aliphatic carbocycles. The van der Waals surface area contributed by atoms with E-state index in [-0.39, 0.29) is 5.91 Å². The van der Waals surface area contributed by atoms with Crippen molar-refractivity contribution in [3.05, 3.63) is 65.4 Å². The minimum absolute atomic E-state index is 0.104. The number of carbonyl (C=O) groups is 1. The number of hydrogen-bond donors (Lipinski definition) is 3. The third kappa shape index (κ3) is 4.70. The molecule has 0 unspecified atom stereocenters. The standard InChI is InChI=1S/C19H18ClN5O/c1-12-21-18(24-15-9-7-14(8-10-15)23-13(2)26)11-19(22-12)25-17-6-4-3-5-16(17)20/h3-11H,1-2H3,(H,23,26)(H2,21,22,24,25). The van der Waals surface area contributed by atoms with Crippen LogP contribution in [0.4, 0.5) is 28.7 Å². The van der Waals surface area contributed by atoms with Crippen LogP contribution in [-0.4, -0.2) is 15.9 Å². The Bertz CT molecular complexity index is 927. The number of aryl methyl sites for hydroxylation is 1. The van der Waals surface area contributed by atoms with Gasteiger partial charge in [-0.05, 0) is 43.3 Å². The van der Waals surface area contributed by atoms with Gasteiger partial charge in [0.05, 0.1) is 10.7 Å². The first kappa shape index (κ1) is 17.7. The summed E-state index contributed by atoms with van der Waals surface area (Å²) >= 11 is 6.18. The molecule has 3 rings (SSSR count). The fourth-order valence-corrected chi connectivity index (χ4v) is 2.57. The van der Waals surface area contributed by atoms with Gasteiger partial charge in [0.15, 0.2) is 0 Å². The molecule has 0 fully saturated rings. The molecule has 1 aromatic heterocycles. The number of amides is 1. The lowest BCUT2D eigenvalue weighted by atomic mass is 10.2. The molecule has 0 bridgehead atoms. The molecule has 3 aromatic rings. The average Bonchev–Trinajstić information content (AvgIpc) is 2.58. The van der Waals surface area contributed by atoms with E-state index in [1.165, 1.54) is 6.92 Å². The Kier molecular flexibility index (Phi) is 5.34. The summed E-state index contributed by atoms with van der Waals surface area (Å²) in [6, 6.07) is 16.6. The van der Waals surface area contributed by atoms with Crippen LogP contribution >= 0.6 is 11.6 Å². The predicted molar refractivity (Wildman–Crippen MR) is 106 cm³/mol. The topological polar surface area (TPSA) is 78.9 Å². The van der Waals surface area contributed by atoms with Gasteiger partial charge >= 0.3 is 0 Å². The Morgan fingerprint density at radius 2 is 1.54 bits per heavy atom. The maximum Gasteiger partial charge on any atom is 0.221 e. The molecule has 0 saturated heterocycles. The summed E-state index contributed by atoms with van der Waals surface area (Å²) in [5, 5.41) is 9.78. The van der Waals surface area contributed by atoms with Gasteiger partial charge in [0.25, 0.3) is 0 Å². The van der Waals surface area contributed by atoms with Crippen molar-refractivity contribution in [1.82, 2.24) is 9.97 Å². The third-order valence-corrected chi connectivity index (χ3v) is 3.78. The van der Waals surface area contributed by atoms with Crippen molar-refractivity contribution in [2.45, 2.75) is 13.8 Å². The highest BCUT2D eigenvalue weighted by atomic mass is 35.5. The SMILES string of the molecule is CC(=O)Nc1ccc(Nc2cc(Nc3ccccc3Cl)nc(C)n2)cc1. The lowest BCUT2D eigenvalue weighted by Crippen LogP contribution is -2.05. The van der Waals surface area contributed by atoms with Crippen LogP contribution in [0.3, 0.4) is 0 Å². The third-order valence-electron chi connectivity index (χ3n) is 3.45. The fraction of sp³-hybridized carbons (Fsp3) is 0.105. The normalized spacial score (nSPS) is 10.3. The van der Waals surface area contributed by atoms with Crippen molar-refractivity contribution in [3.8, 4) is 0 Å². The van der Waals surface area contributed by atoms with Gasteiger partial charge < -0.3 is 16.0 Å². The van der Waals surface area contributed by atoms with Crippen molar-refractivity contribution in [1.29, 1.82) is 0 Å². The molecule has 6 nitrogen and oxygen atoms in total. The first-order valence-electron chi connectivity index (χ1n) is 8.01. The number of halogens is 1. The number of rotatable bonds is 5. The van der Waals surface area contributed by atoms with E-state index >= 15 is 0 Å². The van der Waals surface area contributed by atoms with Crippen LogP contribution in [0.5, 0.6) is 0 Å². The van der Waals surface area contributed by atoms with E-state index in [0.717, 1.165) is 17.1 Å². The number of nitrogens with one attached hydrogen (secondary N) is 3. The number of anilines is 5. The second-order valence-electron chi connectivity index (χ2n) is 5.67. The van der Waals surface area contributed by atoms with E-state index in [4.69, 9.17) is 11.6 Å². The number of carbonyl (C=O) groups excluding carboxylic acids is 1. The molecular formula is C19H18ClN5O. The van der Waals surface area contributed by atoms with Gasteiger partial charge in [-0.2, -0.15) is 0 Å². The number of benzene rings is 2. The molecule has 7 heteroatoms. The maximum atomic E-state index is 11.1. The van der Waals surface area contributed by atoms with Gasteiger partial charge in [0.2, 0.25) is 5.91 Å². The number of para-hydroxylation sites is 1. The Hall–Kier alpha value is -3.12. The van der Waals surface area contributed by atoms with Crippen LogP contribution in [0.2, 0.25) is 5.02 Å². The van der Waals surface area contributed by atoms with E-state index in [9.17, 15) is 4.79 Å². The average molecular weight is 368 g/mol.